The molecule has 0 atom stereocenters. The lowest BCUT2D eigenvalue weighted by Crippen LogP contribution is -2.19. The zero-order valence-electron chi connectivity index (χ0n) is 14.9. The Hall–Kier alpha value is -2.99. The molecule has 7 heteroatoms. The Bertz CT molecular complexity index is 996. The number of benzene rings is 2. The number of aryl methyl sites for hydroxylation is 2. The second kappa shape index (κ2) is 8.14. The number of rotatable bonds is 5. The normalized spacial score (nSPS) is 11.1. The van der Waals surface area contributed by atoms with E-state index in [1.54, 1.807) is 17.7 Å². The lowest BCUT2D eigenvalue weighted by Gasteiger charge is -2.04. The zero-order valence-corrected chi connectivity index (χ0v) is 15.7. The van der Waals surface area contributed by atoms with Crippen LogP contribution in [-0.2, 0) is 6.54 Å². The monoisotopic (exact) mass is 384 g/mol. The van der Waals surface area contributed by atoms with Gasteiger partial charge >= 0.3 is 0 Å². The molecular weight excluding hydrogens is 367 g/mol. The predicted octanol–water partition coefficient (Wildman–Crippen LogP) is 4.10. The van der Waals surface area contributed by atoms with Crippen LogP contribution in [0.2, 0.25) is 5.15 Å². The highest BCUT2D eigenvalue weighted by atomic mass is 35.5. The van der Waals surface area contributed by atoms with Crippen LogP contribution < -0.4 is 5.43 Å². The number of hydrogen-bond donors (Lipinski definition) is 1. The van der Waals surface area contributed by atoms with Gasteiger partial charge in [-0.2, -0.15) is 10.2 Å². The maximum absolute atomic E-state index is 13.6. The molecule has 27 heavy (non-hydrogen) atoms. The van der Waals surface area contributed by atoms with Crippen molar-refractivity contribution in [2.75, 3.05) is 0 Å². The van der Waals surface area contributed by atoms with Crippen molar-refractivity contribution in [2.24, 2.45) is 5.10 Å². The van der Waals surface area contributed by atoms with E-state index in [0.717, 1.165) is 5.56 Å². The molecule has 1 aromatic heterocycles. The third kappa shape index (κ3) is 4.41. The summed E-state index contributed by atoms with van der Waals surface area (Å²) in [7, 11) is 0. The van der Waals surface area contributed by atoms with E-state index in [-0.39, 0.29) is 5.56 Å². The number of nitrogens with one attached hydrogen (secondary N) is 1. The van der Waals surface area contributed by atoms with Gasteiger partial charge in [0.05, 0.1) is 29.6 Å². The van der Waals surface area contributed by atoms with Crippen molar-refractivity contribution < 1.29 is 9.18 Å². The van der Waals surface area contributed by atoms with Crippen LogP contribution in [0.5, 0.6) is 0 Å². The van der Waals surface area contributed by atoms with Crippen molar-refractivity contribution >= 4 is 23.7 Å². The summed E-state index contributed by atoms with van der Waals surface area (Å²) in [5.74, 6) is -1.24. The lowest BCUT2D eigenvalue weighted by molar-refractivity contribution is 0.0951. The van der Waals surface area contributed by atoms with Crippen LogP contribution in [0.1, 0.15) is 32.7 Å². The van der Waals surface area contributed by atoms with Gasteiger partial charge in [-0.3, -0.25) is 4.79 Å². The Kier molecular flexibility index (Phi) is 5.66. The van der Waals surface area contributed by atoms with Crippen molar-refractivity contribution in [3.05, 3.63) is 87.4 Å². The lowest BCUT2D eigenvalue weighted by atomic mass is 10.1. The highest BCUT2D eigenvalue weighted by Crippen LogP contribution is 2.19. The summed E-state index contributed by atoms with van der Waals surface area (Å²) in [6, 6.07) is 13.8. The SMILES string of the molecule is Cc1ccc(Cn2nc(C)c(/C=N\NC(=O)c3ccccc3F)c2Cl)cc1. The van der Waals surface area contributed by atoms with Gasteiger partial charge in [-0.25, -0.2) is 14.5 Å². The number of hydrogen-bond acceptors (Lipinski definition) is 3. The largest absolute Gasteiger partial charge is 0.274 e. The number of nitrogens with zero attached hydrogens (tertiary/aromatic N) is 3. The average molecular weight is 385 g/mol. The number of amides is 1. The van der Waals surface area contributed by atoms with Gasteiger partial charge in [-0.05, 0) is 31.5 Å². The van der Waals surface area contributed by atoms with Crippen molar-refractivity contribution in [1.29, 1.82) is 0 Å². The Balaban J connectivity index is 1.72. The molecule has 1 heterocycles. The summed E-state index contributed by atoms with van der Waals surface area (Å²) in [5, 5.41) is 8.72. The third-order valence-electron chi connectivity index (χ3n) is 4.04. The molecule has 0 unspecified atom stereocenters. The predicted molar refractivity (Wildman–Crippen MR) is 104 cm³/mol. The number of halogens is 2. The van der Waals surface area contributed by atoms with E-state index in [1.165, 1.54) is 30.0 Å². The van der Waals surface area contributed by atoms with Crippen LogP contribution in [0.25, 0.3) is 0 Å². The van der Waals surface area contributed by atoms with E-state index >= 15 is 0 Å². The van der Waals surface area contributed by atoms with Gasteiger partial charge in [0, 0.05) is 0 Å². The molecule has 0 saturated heterocycles. The summed E-state index contributed by atoms with van der Waals surface area (Å²) in [6.45, 7) is 4.35. The summed E-state index contributed by atoms with van der Waals surface area (Å²) < 4.78 is 15.3. The highest BCUT2D eigenvalue weighted by molar-refractivity contribution is 6.32. The van der Waals surface area contributed by atoms with Crippen LogP contribution in [0, 0.1) is 19.7 Å². The molecule has 3 rings (SSSR count). The quantitative estimate of drug-likeness (QED) is 0.531. The summed E-state index contributed by atoms with van der Waals surface area (Å²) >= 11 is 6.40. The Labute approximate surface area is 161 Å². The topological polar surface area (TPSA) is 59.3 Å². The molecule has 0 fully saturated rings. The molecule has 0 saturated carbocycles. The molecule has 5 nitrogen and oxygen atoms in total. The van der Waals surface area contributed by atoms with Gasteiger partial charge in [-0.15, -0.1) is 0 Å². The molecule has 0 aliphatic heterocycles. The number of carbonyl (C=O) groups is 1. The molecule has 1 N–H and O–H groups in total. The first-order valence-corrected chi connectivity index (χ1v) is 8.70. The maximum Gasteiger partial charge on any atom is 0.274 e. The molecule has 0 aliphatic rings. The van der Waals surface area contributed by atoms with E-state index in [0.29, 0.717) is 23.0 Å². The van der Waals surface area contributed by atoms with E-state index in [2.05, 4.69) is 15.6 Å². The van der Waals surface area contributed by atoms with Gasteiger partial charge in [0.1, 0.15) is 11.0 Å². The van der Waals surface area contributed by atoms with Gasteiger partial charge < -0.3 is 0 Å². The molecule has 3 aromatic rings. The van der Waals surface area contributed by atoms with Crippen LogP contribution in [0.15, 0.2) is 53.6 Å². The van der Waals surface area contributed by atoms with Gasteiger partial charge in [0.2, 0.25) is 0 Å². The molecule has 0 aliphatic carbocycles. The molecule has 2 aromatic carbocycles. The van der Waals surface area contributed by atoms with Crippen molar-refractivity contribution in [1.82, 2.24) is 15.2 Å². The Morgan fingerprint density at radius 3 is 2.63 bits per heavy atom. The van der Waals surface area contributed by atoms with E-state index < -0.39 is 11.7 Å². The highest BCUT2D eigenvalue weighted by Gasteiger charge is 2.13. The first kappa shape index (κ1) is 18.8. The summed E-state index contributed by atoms with van der Waals surface area (Å²) in [5.41, 5.74) is 5.75. The Morgan fingerprint density at radius 2 is 1.93 bits per heavy atom. The van der Waals surface area contributed by atoms with Crippen LogP contribution in [0.4, 0.5) is 4.39 Å². The third-order valence-corrected chi connectivity index (χ3v) is 4.44. The zero-order chi connectivity index (χ0) is 19.4. The van der Waals surface area contributed by atoms with Crippen molar-refractivity contribution in [3.63, 3.8) is 0 Å². The smallest absolute Gasteiger partial charge is 0.267 e. The fraction of sp³-hybridized carbons (Fsp3) is 0.150. The fourth-order valence-electron chi connectivity index (χ4n) is 2.55. The second-order valence-electron chi connectivity index (χ2n) is 6.11. The van der Waals surface area contributed by atoms with E-state index in [9.17, 15) is 9.18 Å². The number of aromatic nitrogens is 2. The van der Waals surface area contributed by atoms with Gasteiger partial charge in [-0.1, -0.05) is 53.6 Å². The van der Waals surface area contributed by atoms with Crippen molar-refractivity contribution in [3.8, 4) is 0 Å². The molecule has 0 spiro atoms. The van der Waals surface area contributed by atoms with Crippen molar-refractivity contribution in [2.45, 2.75) is 20.4 Å². The second-order valence-corrected chi connectivity index (χ2v) is 6.47. The minimum atomic E-state index is -0.634. The fourth-order valence-corrected chi connectivity index (χ4v) is 2.83. The summed E-state index contributed by atoms with van der Waals surface area (Å²) in [4.78, 5) is 12.0. The van der Waals surface area contributed by atoms with Gasteiger partial charge in [0.25, 0.3) is 5.91 Å². The molecular formula is C20H18ClFN4O. The standard InChI is InChI=1S/C20H18ClFN4O/c1-13-7-9-15(10-8-13)12-26-19(21)17(14(2)25-26)11-23-24-20(27)16-5-3-4-6-18(16)22/h3-11H,12H2,1-2H3,(H,24,27)/b23-11-. The number of hydrazone groups is 1. The van der Waals surface area contributed by atoms with Crippen LogP contribution in [0.3, 0.4) is 0 Å². The molecule has 0 radical (unpaired) electrons. The Morgan fingerprint density at radius 1 is 1.22 bits per heavy atom. The summed E-state index contributed by atoms with van der Waals surface area (Å²) in [6.07, 6.45) is 1.41. The van der Waals surface area contributed by atoms with E-state index in [1.807, 2.05) is 31.2 Å². The molecule has 0 bridgehead atoms. The van der Waals surface area contributed by atoms with Gasteiger partial charge in [0.15, 0.2) is 0 Å². The number of carbonyl (C=O) groups excluding carboxylic acids is 1. The van der Waals surface area contributed by atoms with E-state index in [4.69, 9.17) is 11.6 Å². The first-order chi connectivity index (χ1) is 13.0. The molecule has 138 valence electrons. The maximum atomic E-state index is 13.6. The van der Waals surface area contributed by atoms with Crippen LogP contribution >= 0.6 is 11.6 Å². The molecule has 1 amide bonds. The minimum absolute atomic E-state index is 0.0764. The van der Waals surface area contributed by atoms with Crippen LogP contribution in [-0.4, -0.2) is 21.9 Å². The first-order valence-electron chi connectivity index (χ1n) is 8.32. The average Bonchev–Trinajstić information content (AvgIpc) is 2.91. The minimum Gasteiger partial charge on any atom is -0.267 e.